The lowest BCUT2D eigenvalue weighted by molar-refractivity contribution is -0.123. The van der Waals surface area contributed by atoms with Crippen molar-refractivity contribution in [2.24, 2.45) is 0 Å². The standard InChI is InChI=1S/C14H28N2O2/c1-5-6-13-9-12(7-8-18-13)16-11(4)14(17)15-10(2)3/h10-13,16H,5-9H2,1-4H3,(H,15,17). The zero-order chi connectivity index (χ0) is 13.5. The number of ether oxygens (including phenoxy) is 1. The van der Waals surface area contributed by atoms with Crippen molar-refractivity contribution in [3.8, 4) is 0 Å². The highest BCUT2D eigenvalue weighted by Gasteiger charge is 2.24. The smallest absolute Gasteiger partial charge is 0.237 e. The Labute approximate surface area is 111 Å². The third kappa shape index (κ3) is 5.36. The van der Waals surface area contributed by atoms with Crippen molar-refractivity contribution in [1.82, 2.24) is 10.6 Å². The molecule has 0 bridgehead atoms. The van der Waals surface area contributed by atoms with Crippen LogP contribution in [0.25, 0.3) is 0 Å². The molecule has 1 saturated heterocycles. The highest BCUT2D eigenvalue weighted by molar-refractivity contribution is 5.81. The summed E-state index contributed by atoms with van der Waals surface area (Å²) in [6.45, 7) is 8.88. The minimum absolute atomic E-state index is 0.0866. The summed E-state index contributed by atoms with van der Waals surface area (Å²) >= 11 is 0. The van der Waals surface area contributed by atoms with Gasteiger partial charge < -0.3 is 15.4 Å². The summed E-state index contributed by atoms with van der Waals surface area (Å²) in [5, 5.41) is 6.36. The van der Waals surface area contributed by atoms with Gasteiger partial charge in [0.1, 0.15) is 0 Å². The van der Waals surface area contributed by atoms with Crippen LogP contribution in [-0.4, -0.2) is 36.7 Å². The van der Waals surface area contributed by atoms with Gasteiger partial charge in [0, 0.05) is 18.7 Å². The molecule has 0 aromatic heterocycles. The van der Waals surface area contributed by atoms with E-state index in [4.69, 9.17) is 4.74 Å². The number of nitrogens with one attached hydrogen (secondary N) is 2. The Kier molecular flexibility index (Phi) is 6.65. The average molecular weight is 256 g/mol. The van der Waals surface area contributed by atoms with E-state index in [0.29, 0.717) is 12.1 Å². The van der Waals surface area contributed by atoms with Gasteiger partial charge in [-0.25, -0.2) is 0 Å². The maximum Gasteiger partial charge on any atom is 0.237 e. The minimum Gasteiger partial charge on any atom is -0.378 e. The lowest BCUT2D eigenvalue weighted by Gasteiger charge is -2.32. The molecular weight excluding hydrogens is 228 g/mol. The van der Waals surface area contributed by atoms with Gasteiger partial charge in [-0.15, -0.1) is 0 Å². The van der Waals surface area contributed by atoms with E-state index in [-0.39, 0.29) is 18.0 Å². The van der Waals surface area contributed by atoms with Crippen LogP contribution in [-0.2, 0) is 9.53 Å². The summed E-state index contributed by atoms with van der Waals surface area (Å²) in [6, 6.07) is 0.477. The molecule has 0 spiro atoms. The molecule has 1 aliphatic heterocycles. The first-order valence-corrected chi connectivity index (χ1v) is 7.21. The molecule has 0 aliphatic carbocycles. The largest absolute Gasteiger partial charge is 0.378 e. The summed E-state index contributed by atoms with van der Waals surface area (Å²) in [6.07, 6.45) is 4.65. The number of amides is 1. The van der Waals surface area contributed by atoms with Gasteiger partial charge in [-0.05, 0) is 40.0 Å². The molecule has 0 radical (unpaired) electrons. The normalized spacial score (nSPS) is 26.1. The van der Waals surface area contributed by atoms with E-state index in [1.165, 1.54) is 0 Å². The fourth-order valence-electron chi connectivity index (χ4n) is 2.39. The molecule has 3 unspecified atom stereocenters. The van der Waals surface area contributed by atoms with E-state index in [1.807, 2.05) is 20.8 Å². The maximum absolute atomic E-state index is 11.8. The Bertz CT molecular complexity index is 254. The van der Waals surface area contributed by atoms with Crippen LogP contribution in [0.4, 0.5) is 0 Å². The van der Waals surface area contributed by atoms with Gasteiger partial charge in [-0.1, -0.05) is 13.3 Å². The highest BCUT2D eigenvalue weighted by atomic mass is 16.5. The lowest BCUT2D eigenvalue weighted by atomic mass is 9.99. The Morgan fingerprint density at radius 2 is 2.11 bits per heavy atom. The predicted molar refractivity (Wildman–Crippen MR) is 73.5 cm³/mol. The summed E-state index contributed by atoms with van der Waals surface area (Å²) in [4.78, 5) is 11.8. The lowest BCUT2D eigenvalue weighted by Crippen LogP contribution is -2.50. The average Bonchev–Trinajstić information content (AvgIpc) is 2.29. The van der Waals surface area contributed by atoms with Crippen LogP contribution in [0.2, 0.25) is 0 Å². The number of carbonyl (C=O) groups is 1. The van der Waals surface area contributed by atoms with Gasteiger partial charge in [0.2, 0.25) is 5.91 Å². The third-order valence-electron chi connectivity index (χ3n) is 3.29. The number of hydrogen-bond donors (Lipinski definition) is 2. The first-order chi connectivity index (χ1) is 8.52. The molecule has 0 saturated carbocycles. The van der Waals surface area contributed by atoms with Crippen LogP contribution in [0.1, 0.15) is 53.4 Å². The molecule has 0 aromatic carbocycles. The van der Waals surface area contributed by atoms with Gasteiger partial charge in [0.05, 0.1) is 12.1 Å². The minimum atomic E-state index is -0.127. The molecule has 4 heteroatoms. The molecule has 1 amide bonds. The van der Waals surface area contributed by atoms with Crippen LogP contribution in [0.5, 0.6) is 0 Å². The number of rotatable bonds is 6. The summed E-state index contributed by atoms with van der Waals surface area (Å²) in [5.74, 6) is 0.0866. The molecule has 1 aliphatic rings. The van der Waals surface area contributed by atoms with Crippen molar-refractivity contribution in [3.63, 3.8) is 0 Å². The molecule has 0 aromatic rings. The van der Waals surface area contributed by atoms with Gasteiger partial charge in [-0.2, -0.15) is 0 Å². The van der Waals surface area contributed by atoms with Crippen molar-refractivity contribution in [3.05, 3.63) is 0 Å². The van der Waals surface area contributed by atoms with E-state index >= 15 is 0 Å². The van der Waals surface area contributed by atoms with Crippen LogP contribution >= 0.6 is 0 Å². The summed E-state index contributed by atoms with van der Waals surface area (Å²) in [7, 11) is 0. The molecule has 1 heterocycles. The van der Waals surface area contributed by atoms with Gasteiger partial charge >= 0.3 is 0 Å². The Hall–Kier alpha value is -0.610. The fourth-order valence-corrected chi connectivity index (χ4v) is 2.39. The monoisotopic (exact) mass is 256 g/mol. The van der Waals surface area contributed by atoms with Crippen molar-refractivity contribution in [1.29, 1.82) is 0 Å². The third-order valence-corrected chi connectivity index (χ3v) is 3.29. The second-order valence-electron chi connectivity index (χ2n) is 5.55. The highest BCUT2D eigenvalue weighted by Crippen LogP contribution is 2.18. The zero-order valence-electron chi connectivity index (χ0n) is 12.2. The Morgan fingerprint density at radius 1 is 1.39 bits per heavy atom. The zero-order valence-corrected chi connectivity index (χ0v) is 12.2. The van der Waals surface area contributed by atoms with Crippen molar-refractivity contribution < 1.29 is 9.53 Å². The first kappa shape index (κ1) is 15.4. The molecule has 1 rings (SSSR count). The summed E-state index contributed by atoms with van der Waals surface area (Å²) < 4.78 is 5.71. The van der Waals surface area contributed by atoms with Crippen LogP contribution in [0.3, 0.4) is 0 Å². The predicted octanol–water partition coefficient (Wildman–Crippen LogP) is 1.84. The quantitative estimate of drug-likeness (QED) is 0.762. The van der Waals surface area contributed by atoms with Crippen LogP contribution in [0, 0.1) is 0 Å². The molecule has 1 fully saturated rings. The molecule has 18 heavy (non-hydrogen) atoms. The van der Waals surface area contributed by atoms with E-state index in [0.717, 1.165) is 32.3 Å². The van der Waals surface area contributed by atoms with Gasteiger partial charge in [0.25, 0.3) is 0 Å². The van der Waals surface area contributed by atoms with Crippen LogP contribution < -0.4 is 10.6 Å². The van der Waals surface area contributed by atoms with E-state index in [9.17, 15) is 4.79 Å². The second-order valence-corrected chi connectivity index (χ2v) is 5.55. The van der Waals surface area contributed by atoms with Crippen molar-refractivity contribution in [2.45, 2.75) is 77.6 Å². The Balaban J connectivity index is 2.34. The molecule has 3 atom stereocenters. The molecule has 4 nitrogen and oxygen atoms in total. The van der Waals surface area contributed by atoms with Crippen LogP contribution in [0.15, 0.2) is 0 Å². The topological polar surface area (TPSA) is 50.4 Å². The van der Waals surface area contributed by atoms with Crippen molar-refractivity contribution in [2.75, 3.05) is 6.61 Å². The van der Waals surface area contributed by atoms with Crippen molar-refractivity contribution >= 4 is 5.91 Å². The second kappa shape index (κ2) is 7.74. The summed E-state index contributed by atoms with van der Waals surface area (Å²) in [5.41, 5.74) is 0. The Morgan fingerprint density at radius 3 is 2.72 bits per heavy atom. The number of hydrogen-bond acceptors (Lipinski definition) is 3. The first-order valence-electron chi connectivity index (χ1n) is 7.21. The van der Waals surface area contributed by atoms with E-state index in [2.05, 4.69) is 17.6 Å². The van der Waals surface area contributed by atoms with E-state index in [1.54, 1.807) is 0 Å². The molecular formula is C14H28N2O2. The maximum atomic E-state index is 11.8. The SMILES string of the molecule is CCCC1CC(NC(C)C(=O)NC(C)C)CCO1. The molecule has 106 valence electrons. The fraction of sp³-hybridized carbons (Fsp3) is 0.929. The van der Waals surface area contributed by atoms with Gasteiger partial charge in [-0.3, -0.25) is 4.79 Å². The number of carbonyl (C=O) groups excluding carboxylic acids is 1. The van der Waals surface area contributed by atoms with Gasteiger partial charge in [0.15, 0.2) is 0 Å². The van der Waals surface area contributed by atoms with E-state index < -0.39 is 0 Å². The molecule has 2 N–H and O–H groups in total.